The van der Waals surface area contributed by atoms with Crippen molar-refractivity contribution in [2.75, 3.05) is 18.9 Å². The Morgan fingerprint density at radius 1 is 1.60 bits per heavy atom. The number of carbonyl (C=O) groups excluding carboxylic acids is 1. The number of thioether (sulfide) groups is 1. The van der Waals surface area contributed by atoms with E-state index in [4.69, 9.17) is 4.74 Å². The highest BCUT2D eigenvalue weighted by Gasteiger charge is 2.31. The number of rotatable bonds is 5. The van der Waals surface area contributed by atoms with E-state index in [9.17, 15) is 4.79 Å². The van der Waals surface area contributed by atoms with Gasteiger partial charge in [-0.3, -0.25) is 4.79 Å². The molecule has 0 aromatic rings. The van der Waals surface area contributed by atoms with Crippen LogP contribution >= 0.6 is 11.8 Å². The monoisotopic (exact) mass is 231 g/mol. The molecule has 4 heteroatoms. The third kappa shape index (κ3) is 3.38. The van der Waals surface area contributed by atoms with Gasteiger partial charge in [0, 0.05) is 18.9 Å². The molecule has 0 aromatic carbocycles. The second kappa shape index (κ2) is 6.38. The maximum Gasteiger partial charge on any atom is 0.252 e. The van der Waals surface area contributed by atoms with Crippen molar-refractivity contribution in [2.45, 2.75) is 45.1 Å². The predicted octanol–water partition coefficient (Wildman–Crippen LogP) is 2.11. The van der Waals surface area contributed by atoms with Crippen LogP contribution in [0.1, 0.15) is 33.6 Å². The molecule has 0 aromatic heterocycles. The average molecular weight is 231 g/mol. The van der Waals surface area contributed by atoms with Gasteiger partial charge in [0.2, 0.25) is 0 Å². The number of carbonyl (C=O) groups is 1. The van der Waals surface area contributed by atoms with Crippen molar-refractivity contribution in [3.05, 3.63) is 0 Å². The lowest BCUT2D eigenvalue weighted by Crippen LogP contribution is -2.41. The zero-order chi connectivity index (χ0) is 11.3. The summed E-state index contributed by atoms with van der Waals surface area (Å²) >= 11 is 1.89. The summed E-state index contributed by atoms with van der Waals surface area (Å²) in [6, 6.07) is 0. The second-order valence-corrected chi connectivity index (χ2v) is 5.03. The summed E-state index contributed by atoms with van der Waals surface area (Å²) in [5.74, 6) is 1.22. The van der Waals surface area contributed by atoms with Gasteiger partial charge in [-0.2, -0.15) is 0 Å². The van der Waals surface area contributed by atoms with Gasteiger partial charge < -0.3 is 9.64 Å². The Morgan fingerprint density at radius 3 is 2.93 bits per heavy atom. The van der Waals surface area contributed by atoms with Crippen molar-refractivity contribution < 1.29 is 9.53 Å². The Hall–Kier alpha value is -0.220. The van der Waals surface area contributed by atoms with Crippen molar-refractivity contribution in [3.8, 4) is 0 Å². The number of ether oxygens (including phenoxy) is 1. The van der Waals surface area contributed by atoms with Gasteiger partial charge in [-0.25, -0.2) is 0 Å². The first kappa shape index (κ1) is 12.8. The Labute approximate surface area is 96.5 Å². The maximum atomic E-state index is 12.0. The highest BCUT2D eigenvalue weighted by Crippen LogP contribution is 2.28. The molecule has 0 bridgehead atoms. The fraction of sp³-hybridized carbons (Fsp3) is 0.909. The van der Waals surface area contributed by atoms with E-state index in [0.717, 1.165) is 25.1 Å². The highest BCUT2D eigenvalue weighted by atomic mass is 32.2. The van der Waals surface area contributed by atoms with Crippen molar-refractivity contribution in [3.63, 3.8) is 0 Å². The minimum absolute atomic E-state index is 0.153. The molecule has 1 heterocycles. The Morgan fingerprint density at radius 2 is 2.33 bits per heavy atom. The van der Waals surface area contributed by atoms with Gasteiger partial charge in [-0.1, -0.05) is 13.3 Å². The molecular weight excluding hydrogens is 210 g/mol. The molecule has 0 N–H and O–H groups in total. The topological polar surface area (TPSA) is 29.5 Å². The normalized spacial score (nSPS) is 23.1. The quantitative estimate of drug-likeness (QED) is 0.726. The van der Waals surface area contributed by atoms with Gasteiger partial charge >= 0.3 is 0 Å². The molecule has 0 aliphatic carbocycles. The number of nitrogens with zero attached hydrogens (tertiary/aromatic N) is 1. The molecule has 0 radical (unpaired) electrons. The molecule has 0 unspecified atom stereocenters. The van der Waals surface area contributed by atoms with Gasteiger partial charge in [0.15, 0.2) is 0 Å². The minimum Gasteiger partial charge on any atom is -0.369 e. The summed E-state index contributed by atoms with van der Waals surface area (Å²) in [5.41, 5.74) is 0. The first-order chi connectivity index (χ1) is 7.20. The summed E-state index contributed by atoms with van der Waals surface area (Å²) in [7, 11) is 0. The summed E-state index contributed by atoms with van der Waals surface area (Å²) in [6.45, 7) is 7.41. The Bertz CT molecular complexity index is 211. The standard InChI is InChI=1S/C11H21NO2S/c1-4-6-10-12(7-8-15-10)11(13)9(3)14-5-2/h9-10H,4-8H2,1-3H3/t9-,10+/m0/s1. The van der Waals surface area contributed by atoms with E-state index in [-0.39, 0.29) is 12.0 Å². The van der Waals surface area contributed by atoms with E-state index in [1.807, 2.05) is 30.5 Å². The first-order valence-electron chi connectivity index (χ1n) is 5.74. The van der Waals surface area contributed by atoms with Crippen LogP contribution in [-0.4, -0.2) is 41.2 Å². The molecular formula is C11H21NO2S. The van der Waals surface area contributed by atoms with Crippen LogP contribution in [0.3, 0.4) is 0 Å². The lowest BCUT2D eigenvalue weighted by molar-refractivity contribution is -0.142. The van der Waals surface area contributed by atoms with Gasteiger partial charge in [0.1, 0.15) is 6.10 Å². The zero-order valence-corrected chi connectivity index (χ0v) is 10.7. The van der Waals surface area contributed by atoms with Gasteiger partial charge in [-0.05, 0) is 20.3 Å². The van der Waals surface area contributed by atoms with Crippen molar-refractivity contribution in [1.29, 1.82) is 0 Å². The lowest BCUT2D eigenvalue weighted by Gasteiger charge is -2.26. The van der Waals surface area contributed by atoms with Crippen molar-refractivity contribution >= 4 is 17.7 Å². The van der Waals surface area contributed by atoms with E-state index in [0.29, 0.717) is 12.0 Å². The fourth-order valence-electron chi connectivity index (χ4n) is 1.81. The van der Waals surface area contributed by atoms with Crippen LogP contribution in [0.4, 0.5) is 0 Å². The van der Waals surface area contributed by atoms with Gasteiger partial charge in [-0.15, -0.1) is 11.8 Å². The van der Waals surface area contributed by atoms with E-state index < -0.39 is 0 Å². The molecule has 1 fully saturated rings. The zero-order valence-electron chi connectivity index (χ0n) is 9.86. The van der Waals surface area contributed by atoms with Gasteiger partial charge in [0.25, 0.3) is 5.91 Å². The molecule has 2 atom stereocenters. The second-order valence-electron chi connectivity index (χ2n) is 3.74. The molecule has 1 aliphatic heterocycles. The molecule has 15 heavy (non-hydrogen) atoms. The molecule has 1 aliphatic rings. The van der Waals surface area contributed by atoms with Crippen molar-refractivity contribution in [2.24, 2.45) is 0 Å². The van der Waals surface area contributed by atoms with E-state index >= 15 is 0 Å². The molecule has 1 rings (SSSR count). The number of hydrogen-bond donors (Lipinski definition) is 0. The summed E-state index contributed by atoms with van der Waals surface area (Å²) in [4.78, 5) is 14.0. The molecule has 0 spiro atoms. The molecule has 0 saturated carbocycles. The van der Waals surface area contributed by atoms with E-state index in [1.54, 1.807) is 0 Å². The molecule has 1 saturated heterocycles. The van der Waals surface area contributed by atoms with Crippen LogP contribution in [0.15, 0.2) is 0 Å². The van der Waals surface area contributed by atoms with E-state index in [2.05, 4.69) is 6.92 Å². The summed E-state index contributed by atoms with van der Waals surface area (Å²) in [6.07, 6.45) is 1.94. The van der Waals surface area contributed by atoms with Crippen LogP contribution in [0.25, 0.3) is 0 Å². The van der Waals surface area contributed by atoms with Crippen LogP contribution < -0.4 is 0 Å². The Kier molecular flexibility index (Phi) is 5.47. The number of hydrogen-bond acceptors (Lipinski definition) is 3. The van der Waals surface area contributed by atoms with Crippen LogP contribution in [0.5, 0.6) is 0 Å². The fourth-order valence-corrected chi connectivity index (χ4v) is 3.18. The van der Waals surface area contributed by atoms with Crippen LogP contribution in [0, 0.1) is 0 Å². The average Bonchev–Trinajstić information content (AvgIpc) is 2.66. The van der Waals surface area contributed by atoms with Gasteiger partial charge in [0.05, 0.1) is 5.37 Å². The largest absolute Gasteiger partial charge is 0.369 e. The lowest BCUT2D eigenvalue weighted by atomic mass is 10.2. The SMILES string of the molecule is CCC[C@H]1SCCN1C(=O)[C@H](C)OCC. The Balaban J connectivity index is 2.50. The van der Waals surface area contributed by atoms with Crippen LogP contribution in [-0.2, 0) is 9.53 Å². The smallest absolute Gasteiger partial charge is 0.252 e. The molecule has 1 amide bonds. The highest BCUT2D eigenvalue weighted by molar-refractivity contribution is 8.00. The first-order valence-corrected chi connectivity index (χ1v) is 6.79. The van der Waals surface area contributed by atoms with E-state index in [1.165, 1.54) is 0 Å². The van der Waals surface area contributed by atoms with Crippen LogP contribution in [0.2, 0.25) is 0 Å². The molecule has 3 nitrogen and oxygen atoms in total. The summed E-state index contributed by atoms with van der Waals surface area (Å²) in [5, 5.41) is 0.380. The van der Waals surface area contributed by atoms with Crippen molar-refractivity contribution in [1.82, 2.24) is 4.90 Å². The predicted molar refractivity (Wildman–Crippen MR) is 64.0 cm³/mol. The third-order valence-corrected chi connectivity index (χ3v) is 3.87. The number of amides is 1. The third-order valence-electron chi connectivity index (χ3n) is 2.57. The minimum atomic E-state index is -0.284. The summed E-state index contributed by atoms with van der Waals surface area (Å²) < 4.78 is 5.34. The molecule has 88 valence electrons. The maximum absolute atomic E-state index is 12.0.